The molecule has 0 amide bonds. The summed E-state index contributed by atoms with van der Waals surface area (Å²) in [4.78, 5) is 0. The first-order valence-corrected chi connectivity index (χ1v) is 5.06. The van der Waals surface area contributed by atoms with Crippen molar-refractivity contribution >= 4 is 5.57 Å². The van der Waals surface area contributed by atoms with Gasteiger partial charge in [-0.15, -0.1) is 0 Å². The van der Waals surface area contributed by atoms with Crippen LogP contribution < -0.4 is 0 Å². The van der Waals surface area contributed by atoms with Crippen LogP contribution in [0, 0.1) is 13.8 Å². The number of allylic oxidation sites excluding steroid dienone is 6. The highest BCUT2D eigenvalue weighted by Crippen LogP contribution is 2.19. The van der Waals surface area contributed by atoms with Gasteiger partial charge in [-0.05, 0) is 33.3 Å². The lowest BCUT2D eigenvalue weighted by molar-refractivity contribution is 0.395. The summed E-state index contributed by atoms with van der Waals surface area (Å²) in [6.07, 6.45) is 10.0. The Kier molecular flexibility index (Phi) is 4.10. The maximum atomic E-state index is 5.11. The molecule has 1 aromatic heterocycles. The molecule has 0 unspecified atom stereocenters. The minimum atomic E-state index is 0.884. The van der Waals surface area contributed by atoms with Gasteiger partial charge in [0.15, 0.2) is 0 Å². The van der Waals surface area contributed by atoms with E-state index in [4.69, 9.17) is 4.52 Å². The Labute approximate surface area is 91.0 Å². The van der Waals surface area contributed by atoms with Crippen LogP contribution in [-0.4, -0.2) is 5.16 Å². The zero-order valence-corrected chi connectivity index (χ0v) is 9.74. The lowest BCUT2D eigenvalue weighted by atomic mass is 10.1. The topological polar surface area (TPSA) is 26.0 Å². The summed E-state index contributed by atoms with van der Waals surface area (Å²) in [6.45, 7) is 7.97. The van der Waals surface area contributed by atoms with Gasteiger partial charge in [0.2, 0.25) is 0 Å². The molecule has 0 radical (unpaired) electrons. The van der Waals surface area contributed by atoms with E-state index in [0.717, 1.165) is 22.6 Å². The molecule has 0 atom stereocenters. The van der Waals surface area contributed by atoms with E-state index in [1.165, 1.54) is 0 Å². The van der Waals surface area contributed by atoms with E-state index >= 15 is 0 Å². The van der Waals surface area contributed by atoms with Gasteiger partial charge in [-0.1, -0.05) is 35.5 Å². The van der Waals surface area contributed by atoms with Gasteiger partial charge in [0.25, 0.3) is 0 Å². The van der Waals surface area contributed by atoms with Crippen LogP contribution in [0.3, 0.4) is 0 Å². The summed E-state index contributed by atoms with van der Waals surface area (Å²) in [5.74, 6) is 0.884. The van der Waals surface area contributed by atoms with Crippen LogP contribution in [0.15, 0.2) is 34.9 Å². The minimum Gasteiger partial charge on any atom is -0.361 e. The van der Waals surface area contributed by atoms with Gasteiger partial charge in [0.05, 0.1) is 0 Å². The van der Waals surface area contributed by atoms with Crippen LogP contribution in [0.5, 0.6) is 0 Å². The zero-order valence-electron chi connectivity index (χ0n) is 9.74. The molecule has 1 heterocycles. The smallest absolute Gasteiger partial charge is 0.137 e. The first-order chi connectivity index (χ1) is 7.16. The molecular formula is C13H17NO. The van der Waals surface area contributed by atoms with Crippen LogP contribution in [0.25, 0.3) is 5.57 Å². The first-order valence-electron chi connectivity index (χ1n) is 5.06. The quantitative estimate of drug-likeness (QED) is 0.698. The summed E-state index contributed by atoms with van der Waals surface area (Å²) >= 11 is 0. The Bertz CT molecular complexity index is 408. The number of rotatable bonds is 3. The standard InChI is InChI=1S/C13H17NO/c1-5-6-7-8-9-10(2)13-11(3)12(4)15-14-13/h5-9H,1-4H3/b6-5-,8-7-,10-9+. The van der Waals surface area contributed by atoms with Crippen molar-refractivity contribution in [2.75, 3.05) is 0 Å². The molecule has 0 bridgehead atoms. The lowest BCUT2D eigenvalue weighted by Crippen LogP contribution is -1.82. The first kappa shape index (κ1) is 11.5. The summed E-state index contributed by atoms with van der Waals surface area (Å²) in [7, 11) is 0. The second kappa shape index (κ2) is 5.35. The second-order valence-corrected chi connectivity index (χ2v) is 3.47. The number of aromatic nitrogens is 1. The molecule has 0 aliphatic heterocycles. The van der Waals surface area contributed by atoms with Crippen molar-refractivity contribution < 1.29 is 4.52 Å². The fourth-order valence-electron chi connectivity index (χ4n) is 1.24. The Balaban J connectivity index is 2.85. The van der Waals surface area contributed by atoms with Crippen LogP contribution in [0.1, 0.15) is 30.9 Å². The Hall–Kier alpha value is -1.57. The highest BCUT2D eigenvalue weighted by Gasteiger charge is 2.08. The van der Waals surface area contributed by atoms with Crippen molar-refractivity contribution in [1.82, 2.24) is 5.16 Å². The van der Waals surface area contributed by atoms with E-state index < -0.39 is 0 Å². The SMILES string of the molecule is C\C=C/C=C\C=C(/C)c1noc(C)c1C. The van der Waals surface area contributed by atoms with Crippen molar-refractivity contribution in [1.29, 1.82) is 0 Å². The molecule has 0 fully saturated rings. The maximum absolute atomic E-state index is 5.11. The molecule has 2 heteroatoms. The van der Waals surface area contributed by atoms with Crippen molar-refractivity contribution in [2.45, 2.75) is 27.7 Å². The molecule has 0 saturated carbocycles. The average Bonchev–Trinajstić information content (AvgIpc) is 2.55. The molecule has 0 aromatic carbocycles. The minimum absolute atomic E-state index is 0.884. The van der Waals surface area contributed by atoms with E-state index in [1.54, 1.807) is 0 Å². The number of nitrogens with zero attached hydrogens (tertiary/aromatic N) is 1. The van der Waals surface area contributed by atoms with E-state index in [1.807, 2.05) is 58.1 Å². The molecule has 80 valence electrons. The molecule has 2 nitrogen and oxygen atoms in total. The molecule has 0 saturated heterocycles. The molecule has 15 heavy (non-hydrogen) atoms. The second-order valence-electron chi connectivity index (χ2n) is 3.47. The highest BCUT2D eigenvalue weighted by molar-refractivity contribution is 5.64. The van der Waals surface area contributed by atoms with Crippen LogP contribution >= 0.6 is 0 Å². The van der Waals surface area contributed by atoms with E-state index in [2.05, 4.69) is 5.16 Å². The van der Waals surface area contributed by atoms with Gasteiger partial charge in [-0.25, -0.2) is 0 Å². The van der Waals surface area contributed by atoms with Crippen molar-refractivity contribution in [3.63, 3.8) is 0 Å². The summed E-state index contributed by atoms with van der Waals surface area (Å²) in [5.41, 5.74) is 3.17. The fourth-order valence-corrected chi connectivity index (χ4v) is 1.24. The molecule has 1 rings (SSSR count). The third-order valence-electron chi connectivity index (χ3n) is 2.29. The van der Waals surface area contributed by atoms with Gasteiger partial charge >= 0.3 is 0 Å². The molecule has 0 aliphatic carbocycles. The highest BCUT2D eigenvalue weighted by atomic mass is 16.5. The monoisotopic (exact) mass is 203 g/mol. The van der Waals surface area contributed by atoms with Crippen LogP contribution in [0.2, 0.25) is 0 Å². The predicted octanol–water partition coefficient (Wildman–Crippen LogP) is 3.83. The van der Waals surface area contributed by atoms with Crippen LogP contribution in [0.4, 0.5) is 0 Å². The number of hydrogen-bond donors (Lipinski definition) is 0. The summed E-state index contributed by atoms with van der Waals surface area (Å²) in [5, 5.41) is 4.02. The van der Waals surface area contributed by atoms with E-state index in [9.17, 15) is 0 Å². The van der Waals surface area contributed by atoms with Gasteiger partial charge in [0.1, 0.15) is 11.5 Å². The number of aryl methyl sites for hydroxylation is 1. The molecule has 0 N–H and O–H groups in total. The van der Waals surface area contributed by atoms with E-state index in [0.29, 0.717) is 0 Å². The van der Waals surface area contributed by atoms with Gasteiger partial charge in [-0.2, -0.15) is 0 Å². The Morgan fingerprint density at radius 2 is 1.93 bits per heavy atom. The van der Waals surface area contributed by atoms with Crippen molar-refractivity contribution in [3.8, 4) is 0 Å². The van der Waals surface area contributed by atoms with Gasteiger partial charge in [-0.3, -0.25) is 0 Å². The predicted molar refractivity (Wildman–Crippen MR) is 63.6 cm³/mol. The fraction of sp³-hybridized carbons (Fsp3) is 0.308. The largest absolute Gasteiger partial charge is 0.361 e. The molecular weight excluding hydrogens is 186 g/mol. The molecule has 1 aromatic rings. The lowest BCUT2D eigenvalue weighted by Gasteiger charge is -1.94. The third-order valence-corrected chi connectivity index (χ3v) is 2.29. The van der Waals surface area contributed by atoms with Gasteiger partial charge < -0.3 is 4.52 Å². The summed E-state index contributed by atoms with van der Waals surface area (Å²) in [6, 6.07) is 0. The molecule has 0 spiro atoms. The number of hydrogen-bond acceptors (Lipinski definition) is 2. The van der Waals surface area contributed by atoms with Crippen molar-refractivity contribution in [3.05, 3.63) is 47.4 Å². The van der Waals surface area contributed by atoms with E-state index in [-0.39, 0.29) is 0 Å². The average molecular weight is 203 g/mol. The Morgan fingerprint density at radius 3 is 2.47 bits per heavy atom. The Morgan fingerprint density at radius 1 is 1.20 bits per heavy atom. The van der Waals surface area contributed by atoms with Crippen LogP contribution in [-0.2, 0) is 0 Å². The normalized spacial score (nSPS) is 13.2. The van der Waals surface area contributed by atoms with Crippen molar-refractivity contribution in [2.24, 2.45) is 0 Å². The zero-order chi connectivity index (χ0) is 11.3. The maximum Gasteiger partial charge on any atom is 0.137 e. The van der Waals surface area contributed by atoms with Gasteiger partial charge in [0, 0.05) is 5.56 Å². The molecule has 0 aliphatic rings. The summed E-state index contributed by atoms with van der Waals surface area (Å²) < 4.78 is 5.11. The third kappa shape index (κ3) is 2.94.